The zero-order valence-electron chi connectivity index (χ0n) is 17.8. The van der Waals surface area contributed by atoms with E-state index in [1.807, 2.05) is 6.92 Å². The molecule has 0 rings (SSSR count). The van der Waals surface area contributed by atoms with E-state index in [1.54, 1.807) is 0 Å². The minimum absolute atomic E-state index is 0.108. The molecular formula is C23H42O3. The number of hydrogen-bond acceptors (Lipinski definition) is 3. The standard InChI is InChI=1S/C23H42O3/c1-5-8-11-14-16-21(25)19-23(4,22(26)17-13-10-7-3)18-20(24)15-12-9-6-2/h5-19H2,1-4H3. The fourth-order valence-electron chi connectivity index (χ4n) is 3.47. The lowest BCUT2D eigenvalue weighted by molar-refractivity contribution is -0.137. The smallest absolute Gasteiger partial charge is 0.139 e. The summed E-state index contributed by atoms with van der Waals surface area (Å²) >= 11 is 0. The molecule has 0 radical (unpaired) electrons. The first-order chi connectivity index (χ1) is 12.4. The maximum atomic E-state index is 12.8. The predicted octanol–water partition coefficient (Wildman–Crippen LogP) is 6.61. The van der Waals surface area contributed by atoms with Gasteiger partial charge in [-0.3, -0.25) is 14.4 Å². The van der Waals surface area contributed by atoms with E-state index in [-0.39, 0.29) is 30.2 Å². The topological polar surface area (TPSA) is 51.2 Å². The van der Waals surface area contributed by atoms with E-state index in [4.69, 9.17) is 0 Å². The van der Waals surface area contributed by atoms with Gasteiger partial charge in [-0.2, -0.15) is 0 Å². The van der Waals surface area contributed by atoms with Gasteiger partial charge in [0.2, 0.25) is 0 Å². The van der Waals surface area contributed by atoms with Crippen molar-refractivity contribution in [2.24, 2.45) is 5.41 Å². The van der Waals surface area contributed by atoms with Gasteiger partial charge in [-0.15, -0.1) is 0 Å². The second-order valence-corrected chi connectivity index (χ2v) is 8.14. The number of unbranched alkanes of at least 4 members (excludes halogenated alkanes) is 7. The first-order valence-corrected chi connectivity index (χ1v) is 11.0. The molecule has 3 heteroatoms. The lowest BCUT2D eigenvalue weighted by Crippen LogP contribution is -2.33. The van der Waals surface area contributed by atoms with Gasteiger partial charge >= 0.3 is 0 Å². The van der Waals surface area contributed by atoms with Crippen molar-refractivity contribution in [3.8, 4) is 0 Å². The van der Waals surface area contributed by atoms with Crippen LogP contribution >= 0.6 is 0 Å². The molecule has 0 aromatic heterocycles. The van der Waals surface area contributed by atoms with E-state index in [0.717, 1.165) is 64.2 Å². The van der Waals surface area contributed by atoms with Crippen molar-refractivity contribution in [1.29, 1.82) is 0 Å². The Balaban J connectivity index is 4.76. The Kier molecular flexibility index (Phi) is 14.5. The molecule has 1 atom stereocenters. The first-order valence-electron chi connectivity index (χ1n) is 11.0. The van der Waals surface area contributed by atoms with Gasteiger partial charge in [0.1, 0.15) is 17.3 Å². The third-order valence-electron chi connectivity index (χ3n) is 5.22. The molecule has 0 saturated heterocycles. The van der Waals surface area contributed by atoms with Crippen LogP contribution in [0.5, 0.6) is 0 Å². The highest BCUT2D eigenvalue weighted by molar-refractivity contribution is 5.94. The summed E-state index contributed by atoms with van der Waals surface area (Å²) in [7, 11) is 0. The zero-order chi connectivity index (χ0) is 19.8. The first kappa shape index (κ1) is 25.0. The normalized spacial score (nSPS) is 13.4. The highest BCUT2D eigenvalue weighted by Crippen LogP contribution is 2.32. The van der Waals surface area contributed by atoms with E-state index in [0.29, 0.717) is 19.3 Å². The maximum absolute atomic E-state index is 12.8. The second kappa shape index (κ2) is 15.1. The average Bonchev–Trinajstić information content (AvgIpc) is 2.59. The van der Waals surface area contributed by atoms with Crippen LogP contribution in [0.1, 0.15) is 124 Å². The van der Waals surface area contributed by atoms with Gasteiger partial charge < -0.3 is 0 Å². The van der Waals surface area contributed by atoms with Crippen molar-refractivity contribution in [1.82, 2.24) is 0 Å². The number of ketones is 3. The summed E-state index contributed by atoms with van der Waals surface area (Å²) in [5, 5.41) is 0. The third kappa shape index (κ3) is 11.6. The van der Waals surface area contributed by atoms with E-state index in [2.05, 4.69) is 20.8 Å². The van der Waals surface area contributed by atoms with Crippen LogP contribution in [-0.2, 0) is 14.4 Å². The van der Waals surface area contributed by atoms with Crippen LogP contribution in [0.2, 0.25) is 0 Å². The van der Waals surface area contributed by atoms with Crippen LogP contribution in [0.15, 0.2) is 0 Å². The zero-order valence-corrected chi connectivity index (χ0v) is 17.8. The number of carbonyl (C=O) groups is 3. The summed E-state index contributed by atoms with van der Waals surface area (Å²) in [5.74, 6) is 0.397. The van der Waals surface area contributed by atoms with Crippen LogP contribution in [-0.4, -0.2) is 17.3 Å². The Bertz CT molecular complexity index is 414. The van der Waals surface area contributed by atoms with E-state index >= 15 is 0 Å². The molecule has 0 fully saturated rings. The van der Waals surface area contributed by atoms with Gasteiger partial charge in [0.15, 0.2) is 0 Å². The molecule has 0 spiro atoms. The molecule has 0 aliphatic carbocycles. The largest absolute Gasteiger partial charge is 0.300 e. The Labute approximate surface area is 161 Å². The van der Waals surface area contributed by atoms with Crippen LogP contribution in [0.4, 0.5) is 0 Å². The lowest BCUT2D eigenvalue weighted by atomic mass is 9.74. The number of carbonyl (C=O) groups excluding carboxylic acids is 3. The molecule has 0 aliphatic rings. The quantitative estimate of drug-likeness (QED) is 0.256. The molecular weight excluding hydrogens is 324 g/mol. The molecule has 1 unspecified atom stereocenters. The van der Waals surface area contributed by atoms with Crippen molar-refractivity contribution in [3.63, 3.8) is 0 Å². The molecule has 3 nitrogen and oxygen atoms in total. The van der Waals surface area contributed by atoms with Crippen molar-refractivity contribution < 1.29 is 14.4 Å². The highest BCUT2D eigenvalue weighted by atomic mass is 16.1. The molecule has 0 N–H and O–H groups in total. The Hall–Kier alpha value is -0.990. The minimum atomic E-state index is -0.793. The lowest BCUT2D eigenvalue weighted by Gasteiger charge is -2.27. The summed E-state index contributed by atoms with van der Waals surface area (Å²) in [6, 6.07) is 0. The van der Waals surface area contributed by atoms with Crippen LogP contribution in [0.3, 0.4) is 0 Å². The van der Waals surface area contributed by atoms with E-state index in [1.165, 1.54) is 0 Å². The number of Topliss-reactive ketones (excluding diaryl/α,β-unsaturated/α-hetero) is 3. The van der Waals surface area contributed by atoms with E-state index in [9.17, 15) is 14.4 Å². The summed E-state index contributed by atoms with van der Waals surface area (Å²) in [6.07, 6.45) is 12.3. The molecule has 0 heterocycles. The van der Waals surface area contributed by atoms with Crippen LogP contribution < -0.4 is 0 Å². The van der Waals surface area contributed by atoms with Gasteiger partial charge in [0.05, 0.1) is 0 Å². The number of rotatable bonds is 18. The molecule has 0 aromatic rings. The van der Waals surface area contributed by atoms with Crippen LogP contribution in [0.25, 0.3) is 0 Å². The van der Waals surface area contributed by atoms with Gasteiger partial charge in [-0.25, -0.2) is 0 Å². The molecule has 152 valence electrons. The Morgan fingerprint density at radius 2 is 0.962 bits per heavy atom. The fourth-order valence-corrected chi connectivity index (χ4v) is 3.47. The minimum Gasteiger partial charge on any atom is -0.300 e. The van der Waals surface area contributed by atoms with Gasteiger partial charge in [-0.1, -0.05) is 72.6 Å². The number of hydrogen-bond donors (Lipinski definition) is 0. The second-order valence-electron chi connectivity index (χ2n) is 8.14. The van der Waals surface area contributed by atoms with Crippen molar-refractivity contribution in [2.75, 3.05) is 0 Å². The summed E-state index contributed by atoms with van der Waals surface area (Å²) in [4.78, 5) is 37.6. The Morgan fingerprint density at radius 3 is 1.42 bits per heavy atom. The highest BCUT2D eigenvalue weighted by Gasteiger charge is 2.36. The molecule has 0 amide bonds. The summed E-state index contributed by atoms with van der Waals surface area (Å²) in [5.41, 5.74) is -0.793. The maximum Gasteiger partial charge on any atom is 0.139 e. The molecule has 0 aromatic carbocycles. The van der Waals surface area contributed by atoms with E-state index < -0.39 is 5.41 Å². The molecule has 0 saturated carbocycles. The SMILES string of the molecule is CCCCCCC(=O)CC(C)(CC(=O)CCCCC)C(=O)CCCCC. The molecule has 0 bridgehead atoms. The van der Waals surface area contributed by atoms with Gasteiger partial charge in [0, 0.05) is 37.5 Å². The predicted molar refractivity (Wildman–Crippen MR) is 109 cm³/mol. The molecule has 0 aliphatic heterocycles. The molecule has 26 heavy (non-hydrogen) atoms. The Morgan fingerprint density at radius 1 is 0.577 bits per heavy atom. The summed E-state index contributed by atoms with van der Waals surface area (Å²) < 4.78 is 0. The average molecular weight is 367 g/mol. The fraction of sp³-hybridized carbons (Fsp3) is 0.870. The van der Waals surface area contributed by atoms with Crippen molar-refractivity contribution >= 4 is 17.3 Å². The monoisotopic (exact) mass is 366 g/mol. The van der Waals surface area contributed by atoms with Crippen LogP contribution in [0, 0.1) is 5.41 Å². The van der Waals surface area contributed by atoms with Crippen molar-refractivity contribution in [2.45, 2.75) is 124 Å². The summed E-state index contributed by atoms with van der Waals surface area (Å²) in [6.45, 7) is 8.23. The van der Waals surface area contributed by atoms with Gasteiger partial charge in [-0.05, 0) is 19.3 Å². The third-order valence-corrected chi connectivity index (χ3v) is 5.22. The van der Waals surface area contributed by atoms with Gasteiger partial charge in [0.25, 0.3) is 0 Å². The van der Waals surface area contributed by atoms with Crippen molar-refractivity contribution in [3.05, 3.63) is 0 Å².